The van der Waals surface area contributed by atoms with Gasteiger partial charge in [0.2, 0.25) is 0 Å². The number of thiocarbonyl (C=S) groups is 2. The highest BCUT2D eigenvalue weighted by Crippen LogP contribution is 2.42. The second-order valence-electron chi connectivity index (χ2n) is 5.07. The van der Waals surface area contributed by atoms with Crippen LogP contribution in [0.5, 0.6) is 0 Å². The van der Waals surface area contributed by atoms with E-state index < -0.39 is 0 Å². The van der Waals surface area contributed by atoms with Gasteiger partial charge in [-0.1, -0.05) is 67.9 Å². The van der Waals surface area contributed by atoms with Crippen LogP contribution in [-0.2, 0) is 0 Å². The summed E-state index contributed by atoms with van der Waals surface area (Å²) in [5, 5.41) is 8.84. The van der Waals surface area contributed by atoms with Crippen molar-refractivity contribution in [2.75, 3.05) is 0 Å². The van der Waals surface area contributed by atoms with Crippen LogP contribution in [0.1, 0.15) is 50.0 Å². The van der Waals surface area contributed by atoms with Crippen molar-refractivity contribution in [3.8, 4) is 0 Å². The molecule has 0 saturated heterocycles. The van der Waals surface area contributed by atoms with Crippen LogP contribution >= 0.6 is 59.3 Å². The highest BCUT2D eigenvalue weighted by Gasteiger charge is 2.20. The molecular formula is C15H24N2S5. The predicted octanol–water partition coefficient (Wildman–Crippen LogP) is 5.56. The zero-order chi connectivity index (χ0) is 16.5. The molecule has 0 aliphatic rings. The number of hydrogen-bond acceptors (Lipinski definition) is 5. The molecule has 1 aromatic heterocycles. The lowest BCUT2D eigenvalue weighted by atomic mass is 10.3. The molecule has 7 heteroatoms. The van der Waals surface area contributed by atoms with Gasteiger partial charge < -0.3 is 10.6 Å². The van der Waals surface area contributed by atoms with Crippen molar-refractivity contribution in [2.24, 2.45) is 0 Å². The van der Waals surface area contributed by atoms with Crippen LogP contribution in [0.3, 0.4) is 0 Å². The first-order valence-corrected chi connectivity index (χ1v) is 10.9. The van der Waals surface area contributed by atoms with E-state index in [1.54, 1.807) is 34.9 Å². The molecule has 0 spiro atoms. The molecule has 0 saturated carbocycles. The zero-order valence-corrected chi connectivity index (χ0v) is 17.5. The van der Waals surface area contributed by atoms with Crippen LogP contribution in [0.15, 0.2) is 17.5 Å². The molecule has 124 valence electrons. The molecule has 0 aromatic carbocycles. The van der Waals surface area contributed by atoms with Crippen molar-refractivity contribution in [3.63, 3.8) is 0 Å². The second kappa shape index (κ2) is 10.9. The Labute approximate surface area is 157 Å². The maximum absolute atomic E-state index is 5.49. The van der Waals surface area contributed by atoms with Gasteiger partial charge in [0.1, 0.15) is 8.64 Å². The fourth-order valence-electron chi connectivity index (χ4n) is 1.43. The van der Waals surface area contributed by atoms with Gasteiger partial charge in [-0.3, -0.25) is 0 Å². The molecule has 2 nitrogen and oxygen atoms in total. The molecule has 1 heterocycles. The standard InChI is InChI=1S/C15H24N2S5/c1-5-10(3)16-14(18)21-13(12-8-7-9-20-12)22-15(19)17-11(4)6-2/h7-11,13H,5-6H2,1-4H3,(H,16,18)(H,17,19). The summed E-state index contributed by atoms with van der Waals surface area (Å²) in [4.78, 5) is 1.29. The van der Waals surface area contributed by atoms with E-state index in [-0.39, 0.29) is 4.58 Å². The molecule has 0 aliphatic heterocycles. The van der Waals surface area contributed by atoms with Gasteiger partial charge in [-0.05, 0) is 38.1 Å². The lowest BCUT2D eigenvalue weighted by Crippen LogP contribution is -2.30. The largest absolute Gasteiger partial charge is 0.369 e. The van der Waals surface area contributed by atoms with E-state index in [2.05, 4.69) is 55.8 Å². The van der Waals surface area contributed by atoms with E-state index >= 15 is 0 Å². The van der Waals surface area contributed by atoms with E-state index in [4.69, 9.17) is 24.4 Å². The number of hydrogen-bond donors (Lipinski definition) is 2. The Morgan fingerprint density at radius 2 is 1.59 bits per heavy atom. The molecule has 2 atom stereocenters. The van der Waals surface area contributed by atoms with Crippen LogP contribution in [-0.4, -0.2) is 20.7 Å². The van der Waals surface area contributed by atoms with Crippen LogP contribution in [0.2, 0.25) is 0 Å². The predicted molar refractivity (Wildman–Crippen MR) is 113 cm³/mol. The molecule has 0 radical (unpaired) electrons. The van der Waals surface area contributed by atoms with Crippen molar-refractivity contribution < 1.29 is 0 Å². The van der Waals surface area contributed by atoms with Crippen molar-refractivity contribution in [1.29, 1.82) is 0 Å². The molecule has 22 heavy (non-hydrogen) atoms. The van der Waals surface area contributed by atoms with Crippen LogP contribution in [0.25, 0.3) is 0 Å². The van der Waals surface area contributed by atoms with Crippen LogP contribution < -0.4 is 10.6 Å². The second-order valence-corrected chi connectivity index (χ2v) is 9.91. The molecule has 2 N–H and O–H groups in total. The van der Waals surface area contributed by atoms with Crippen molar-refractivity contribution >= 4 is 67.9 Å². The average Bonchev–Trinajstić information content (AvgIpc) is 3.00. The van der Waals surface area contributed by atoms with E-state index in [1.165, 1.54) is 4.88 Å². The minimum Gasteiger partial charge on any atom is -0.369 e. The lowest BCUT2D eigenvalue weighted by molar-refractivity contribution is 0.650. The van der Waals surface area contributed by atoms with Gasteiger partial charge in [0.25, 0.3) is 0 Å². The summed E-state index contributed by atoms with van der Waals surface area (Å²) in [6, 6.07) is 5.02. The first kappa shape index (κ1) is 20.2. The fourth-order valence-corrected chi connectivity index (χ4v) is 6.07. The molecular weight excluding hydrogens is 369 g/mol. The number of nitrogens with one attached hydrogen (secondary N) is 2. The minimum atomic E-state index is 0.202. The molecule has 0 aliphatic carbocycles. The molecule has 0 fully saturated rings. The third-order valence-electron chi connectivity index (χ3n) is 3.16. The number of thiophene rings is 1. The Balaban J connectivity index is 2.65. The summed E-state index contributed by atoms with van der Waals surface area (Å²) >= 11 is 16.1. The average molecular weight is 393 g/mol. The number of rotatable bonds is 7. The van der Waals surface area contributed by atoms with Crippen LogP contribution in [0.4, 0.5) is 0 Å². The summed E-state index contributed by atoms with van der Waals surface area (Å²) in [5.74, 6) is 0. The summed E-state index contributed by atoms with van der Waals surface area (Å²) in [6.07, 6.45) is 2.12. The minimum absolute atomic E-state index is 0.202. The molecule has 0 bridgehead atoms. The quantitative estimate of drug-likeness (QED) is 0.465. The maximum atomic E-state index is 5.49. The Morgan fingerprint density at radius 1 is 1.09 bits per heavy atom. The first-order valence-electron chi connectivity index (χ1n) is 7.43. The third kappa shape index (κ3) is 7.64. The normalized spacial score (nSPS) is 14.9. The smallest absolute Gasteiger partial charge is 0.135 e. The monoisotopic (exact) mass is 392 g/mol. The van der Waals surface area contributed by atoms with Gasteiger partial charge in [0.15, 0.2) is 0 Å². The van der Waals surface area contributed by atoms with Gasteiger partial charge in [0, 0.05) is 17.0 Å². The number of thioether (sulfide) groups is 2. The lowest BCUT2D eigenvalue weighted by Gasteiger charge is -2.20. The molecule has 0 amide bonds. The third-order valence-corrected chi connectivity index (χ3v) is 7.38. The fraction of sp³-hybridized carbons (Fsp3) is 0.600. The van der Waals surface area contributed by atoms with Gasteiger partial charge >= 0.3 is 0 Å². The Hall–Kier alpha value is 0.180. The zero-order valence-electron chi connectivity index (χ0n) is 13.4. The van der Waals surface area contributed by atoms with Crippen molar-refractivity contribution in [2.45, 2.75) is 57.2 Å². The van der Waals surface area contributed by atoms with Gasteiger partial charge in [-0.2, -0.15) is 0 Å². The van der Waals surface area contributed by atoms with E-state index in [0.717, 1.165) is 21.5 Å². The highest BCUT2D eigenvalue weighted by atomic mass is 32.2. The molecule has 1 aromatic rings. The van der Waals surface area contributed by atoms with E-state index in [0.29, 0.717) is 12.1 Å². The first-order chi connectivity index (χ1) is 10.5. The molecule has 1 rings (SSSR count). The summed E-state index contributed by atoms with van der Waals surface area (Å²) in [6.45, 7) is 8.60. The Kier molecular flexibility index (Phi) is 9.99. The Bertz CT molecular complexity index is 435. The van der Waals surface area contributed by atoms with E-state index in [1.807, 2.05) is 0 Å². The van der Waals surface area contributed by atoms with Crippen molar-refractivity contribution in [3.05, 3.63) is 22.4 Å². The van der Waals surface area contributed by atoms with E-state index in [9.17, 15) is 0 Å². The Morgan fingerprint density at radius 3 is 1.95 bits per heavy atom. The summed E-state index contributed by atoms with van der Waals surface area (Å²) in [7, 11) is 0. The van der Waals surface area contributed by atoms with Crippen molar-refractivity contribution in [1.82, 2.24) is 10.6 Å². The summed E-state index contributed by atoms with van der Waals surface area (Å²) in [5.41, 5.74) is 0. The summed E-state index contributed by atoms with van der Waals surface area (Å²) < 4.78 is 1.88. The van der Waals surface area contributed by atoms with Crippen LogP contribution in [0, 0.1) is 0 Å². The topological polar surface area (TPSA) is 24.1 Å². The van der Waals surface area contributed by atoms with Gasteiger partial charge in [-0.15, -0.1) is 11.3 Å². The SMILES string of the molecule is CCC(C)NC(=S)SC(SC(=S)NC(C)CC)c1cccs1. The van der Waals surface area contributed by atoms with Gasteiger partial charge in [0.05, 0.1) is 4.58 Å². The highest BCUT2D eigenvalue weighted by molar-refractivity contribution is 8.35. The maximum Gasteiger partial charge on any atom is 0.135 e. The van der Waals surface area contributed by atoms with Gasteiger partial charge in [-0.25, -0.2) is 0 Å². The molecule has 2 unspecified atom stereocenters.